The molecule has 0 saturated heterocycles. The summed E-state index contributed by atoms with van der Waals surface area (Å²) in [6.07, 6.45) is 3.12. The molecule has 0 aliphatic carbocycles. The summed E-state index contributed by atoms with van der Waals surface area (Å²) in [5.74, 6) is 0.949. The van der Waals surface area contributed by atoms with Gasteiger partial charge in [0, 0.05) is 30.7 Å². The number of pyridine rings is 1. The zero-order valence-electron chi connectivity index (χ0n) is 18.8. The van der Waals surface area contributed by atoms with Crippen molar-refractivity contribution in [3.63, 3.8) is 0 Å². The van der Waals surface area contributed by atoms with Crippen molar-refractivity contribution >= 4 is 16.7 Å². The highest BCUT2D eigenvalue weighted by Gasteiger charge is 2.24. The van der Waals surface area contributed by atoms with E-state index in [4.69, 9.17) is 4.98 Å². The van der Waals surface area contributed by atoms with Crippen LogP contribution in [0.4, 0.5) is 5.82 Å². The third-order valence-electron chi connectivity index (χ3n) is 6.83. The van der Waals surface area contributed by atoms with Gasteiger partial charge in [0.1, 0.15) is 11.8 Å². The molecular weight excluding hydrogens is 392 g/mol. The Kier molecular flexibility index (Phi) is 5.41. The van der Waals surface area contributed by atoms with E-state index in [0.717, 1.165) is 50.1 Å². The minimum absolute atomic E-state index is 0.496. The highest BCUT2D eigenvalue weighted by molar-refractivity contribution is 5.94. The van der Waals surface area contributed by atoms with E-state index in [1.165, 1.54) is 33.5 Å². The van der Waals surface area contributed by atoms with Gasteiger partial charge in [-0.1, -0.05) is 54.6 Å². The molecule has 0 atom stereocenters. The van der Waals surface area contributed by atoms with Gasteiger partial charge >= 0.3 is 0 Å². The third-order valence-corrected chi connectivity index (χ3v) is 6.83. The van der Waals surface area contributed by atoms with Crippen molar-refractivity contribution in [3.05, 3.63) is 94.3 Å². The van der Waals surface area contributed by atoms with Gasteiger partial charge in [-0.2, -0.15) is 5.26 Å². The van der Waals surface area contributed by atoms with E-state index in [9.17, 15) is 5.26 Å². The Bertz CT molecular complexity index is 1310. The SMILES string of the molecule is Cc1c(C)n(CCCc2ccccc2)c2c(N3CCc4ccccc4C3)nc(C#N)cc12. The van der Waals surface area contributed by atoms with Crippen LogP contribution in [-0.4, -0.2) is 16.1 Å². The summed E-state index contributed by atoms with van der Waals surface area (Å²) in [6, 6.07) is 23.6. The summed E-state index contributed by atoms with van der Waals surface area (Å²) in [7, 11) is 0. The summed E-state index contributed by atoms with van der Waals surface area (Å²) in [5, 5.41) is 10.8. The molecule has 1 aliphatic heterocycles. The van der Waals surface area contributed by atoms with Crippen LogP contribution in [0.2, 0.25) is 0 Å². The van der Waals surface area contributed by atoms with Gasteiger partial charge in [0.05, 0.1) is 5.52 Å². The predicted molar refractivity (Wildman–Crippen MR) is 130 cm³/mol. The monoisotopic (exact) mass is 420 g/mol. The number of nitrogens with zero attached hydrogens (tertiary/aromatic N) is 4. The van der Waals surface area contributed by atoms with E-state index >= 15 is 0 Å². The zero-order chi connectivity index (χ0) is 22.1. The van der Waals surface area contributed by atoms with Crippen LogP contribution in [-0.2, 0) is 25.9 Å². The van der Waals surface area contributed by atoms with Crippen LogP contribution < -0.4 is 4.90 Å². The van der Waals surface area contributed by atoms with E-state index in [1.54, 1.807) is 0 Å². The van der Waals surface area contributed by atoms with Gasteiger partial charge in [0.15, 0.2) is 5.82 Å². The van der Waals surface area contributed by atoms with Crippen LogP contribution in [0.1, 0.15) is 40.1 Å². The number of hydrogen-bond donors (Lipinski definition) is 0. The molecule has 0 spiro atoms. The Hall–Kier alpha value is -3.58. The lowest BCUT2D eigenvalue weighted by Gasteiger charge is -2.30. The molecular formula is C28H28N4. The second kappa shape index (κ2) is 8.51. The molecule has 0 fully saturated rings. The maximum Gasteiger partial charge on any atom is 0.155 e. The van der Waals surface area contributed by atoms with Crippen LogP contribution in [0.5, 0.6) is 0 Å². The normalized spacial score (nSPS) is 13.2. The van der Waals surface area contributed by atoms with Crippen molar-refractivity contribution < 1.29 is 0 Å². The minimum Gasteiger partial charge on any atom is -0.350 e. The van der Waals surface area contributed by atoms with Gasteiger partial charge < -0.3 is 9.47 Å². The molecule has 2 aromatic heterocycles. The van der Waals surface area contributed by atoms with E-state index in [2.05, 4.69) is 84.0 Å². The largest absolute Gasteiger partial charge is 0.350 e. The Morgan fingerprint density at radius 2 is 1.75 bits per heavy atom. The van der Waals surface area contributed by atoms with Gasteiger partial charge in [0.2, 0.25) is 0 Å². The first-order chi connectivity index (χ1) is 15.7. The van der Waals surface area contributed by atoms with Crippen LogP contribution in [0.3, 0.4) is 0 Å². The smallest absolute Gasteiger partial charge is 0.155 e. The fraction of sp³-hybridized carbons (Fsp3) is 0.286. The first-order valence-electron chi connectivity index (χ1n) is 11.4. The topological polar surface area (TPSA) is 44.9 Å². The summed E-state index contributed by atoms with van der Waals surface area (Å²) >= 11 is 0. The molecule has 0 amide bonds. The maximum atomic E-state index is 9.67. The number of fused-ring (bicyclic) bond motifs is 2. The van der Waals surface area contributed by atoms with Gasteiger partial charge in [-0.25, -0.2) is 4.98 Å². The first kappa shape index (κ1) is 20.3. The van der Waals surface area contributed by atoms with E-state index in [-0.39, 0.29) is 0 Å². The third kappa shape index (κ3) is 3.65. The molecule has 0 bridgehead atoms. The van der Waals surface area contributed by atoms with Gasteiger partial charge in [0.25, 0.3) is 0 Å². The van der Waals surface area contributed by atoms with Gasteiger partial charge in [-0.15, -0.1) is 0 Å². The molecule has 1 aliphatic rings. The molecule has 2 aromatic carbocycles. The number of nitriles is 1. The van der Waals surface area contributed by atoms with Crippen LogP contribution in [0.25, 0.3) is 10.9 Å². The van der Waals surface area contributed by atoms with E-state index < -0.39 is 0 Å². The van der Waals surface area contributed by atoms with Crippen LogP contribution in [0, 0.1) is 25.2 Å². The lowest BCUT2D eigenvalue weighted by atomic mass is 10.00. The van der Waals surface area contributed by atoms with Gasteiger partial charge in [-0.3, -0.25) is 0 Å². The Labute approximate surface area is 189 Å². The Balaban J connectivity index is 1.55. The van der Waals surface area contributed by atoms with Crippen molar-refractivity contribution in [3.8, 4) is 6.07 Å². The van der Waals surface area contributed by atoms with Crippen LogP contribution in [0.15, 0.2) is 60.7 Å². The second-order valence-electron chi connectivity index (χ2n) is 8.73. The second-order valence-corrected chi connectivity index (χ2v) is 8.73. The maximum absolute atomic E-state index is 9.67. The Morgan fingerprint density at radius 3 is 2.53 bits per heavy atom. The molecule has 160 valence electrons. The van der Waals surface area contributed by atoms with E-state index in [1.807, 2.05) is 6.07 Å². The molecule has 5 rings (SSSR count). The highest BCUT2D eigenvalue weighted by atomic mass is 15.2. The van der Waals surface area contributed by atoms with Crippen molar-refractivity contribution in [2.45, 2.75) is 46.2 Å². The quantitative estimate of drug-likeness (QED) is 0.415. The summed E-state index contributed by atoms with van der Waals surface area (Å²) in [4.78, 5) is 7.20. The fourth-order valence-corrected chi connectivity index (χ4v) is 4.96. The Morgan fingerprint density at radius 1 is 1.00 bits per heavy atom. The lowest BCUT2D eigenvalue weighted by Crippen LogP contribution is -2.31. The minimum atomic E-state index is 0.496. The summed E-state index contributed by atoms with van der Waals surface area (Å²) in [6.45, 7) is 7.05. The van der Waals surface area contributed by atoms with Crippen molar-refractivity contribution in [1.29, 1.82) is 5.26 Å². The van der Waals surface area contributed by atoms with Crippen LogP contribution >= 0.6 is 0 Å². The number of aryl methyl sites for hydroxylation is 3. The standard InChI is InChI=1S/C28H28N4/c1-20-21(2)32(15-8-11-22-9-4-3-5-10-22)27-26(20)17-25(18-29)30-28(27)31-16-14-23-12-6-7-13-24(23)19-31/h3-7,9-10,12-13,17H,8,11,14-16,19H2,1-2H3. The molecule has 0 unspecified atom stereocenters. The summed E-state index contributed by atoms with van der Waals surface area (Å²) < 4.78 is 2.43. The molecule has 0 N–H and O–H groups in total. The zero-order valence-corrected chi connectivity index (χ0v) is 18.8. The lowest BCUT2D eigenvalue weighted by molar-refractivity contribution is 0.643. The highest BCUT2D eigenvalue weighted by Crippen LogP contribution is 2.35. The predicted octanol–water partition coefficient (Wildman–Crippen LogP) is 5.72. The summed E-state index contributed by atoms with van der Waals surface area (Å²) in [5.41, 5.74) is 8.33. The first-order valence-corrected chi connectivity index (χ1v) is 11.4. The number of benzene rings is 2. The molecule has 0 radical (unpaired) electrons. The average Bonchev–Trinajstić information content (AvgIpc) is 3.08. The molecule has 4 aromatic rings. The number of hydrogen-bond acceptors (Lipinski definition) is 3. The molecule has 3 heterocycles. The molecule has 4 heteroatoms. The average molecular weight is 421 g/mol. The van der Waals surface area contributed by atoms with Crippen molar-refractivity contribution in [2.24, 2.45) is 0 Å². The van der Waals surface area contributed by atoms with E-state index in [0.29, 0.717) is 5.69 Å². The van der Waals surface area contributed by atoms with Crippen molar-refractivity contribution in [2.75, 3.05) is 11.4 Å². The van der Waals surface area contributed by atoms with Gasteiger partial charge in [-0.05, 0) is 61.4 Å². The number of rotatable bonds is 5. The van der Waals surface area contributed by atoms with Crippen molar-refractivity contribution in [1.82, 2.24) is 9.55 Å². The number of anilines is 1. The fourth-order valence-electron chi connectivity index (χ4n) is 4.96. The molecule has 4 nitrogen and oxygen atoms in total. The molecule has 0 saturated carbocycles. The molecule has 32 heavy (non-hydrogen) atoms. The number of aromatic nitrogens is 2.